The molecule has 0 unspecified atom stereocenters. The molecule has 0 spiro atoms. The van der Waals surface area contributed by atoms with Crippen molar-refractivity contribution in [3.8, 4) is 0 Å². The molecule has 0 bridgehead atoms. The van der Waals surface area contributed by atoms with Crippen molar-refractivity contribution in [3.63, 3.8) is 0 Å². The van der Waals surface area contributed by atoms with Crippen LogP contribution in [0.3, 0.4) is 0 Å². The van der Waals surface area contributed by atoms with Crippen molar-refractivity contribution < 1.29 is 16.8 Å². The number of aromatic nitrogens is 4. The van der Waals surface area contributed by atoms with Gasteiger partial charge >= 0.3 is 0 Å². The van der Waals surface area contributed by atoms with Gasteiger partial charge in [-0.05, 0) is 36.8 Å². The van der Waals surface area contributed by atoms with E-state index < -0.39 is 19.7 Å². The smallest absolute Gasteiger partial charge is 0.195 e. The Bertz CT molecular complexity index is 1510. The van der Waals surface area contributed by atoms with Crippen molar-refractivity contribution in [1.29, 1.82) is 0 Å². The van der Waals surface area contributed by atoms with Crippen LogP contribution in [0.4, 0.5) is 0 Å². The summed E-state index contributed by atoms with van der Waals surface area (Å²) in [7, 11) is -6.60. The SMILES string of the molecule is CS(=O)(=O)CCCn1c(Cn2nc(S(C)(=O)=O)c3ccncc32)cc2cc(Cl)ccc21. The first-order chi connectivity index (χ1) is 14.5. The molecule has 0 N–H and O–H groups in total. The summed E-state index contributed by atoms with van der Waals surface area (Å²) in [5.74, 6) is 0.0759. The van der Waals surface area contributed by atoms with E-state index in [1.165, 1.54) is 12.5 Å². The molecule has 31 heavy (non-hydrogen) atoms. The van der Waals surface area contributed by atoms with E-state index in [0.29, 0.717) is 35.4 Å². The third kappa shape index (κ3) is 4.60. The highest BCUT2D eigenvalue weighted by Crippen LogP contribution is 2.27. The molecular weight excluding hydrogens is 460 g/mol. The minimum Gasteiger partial charge on any atom is -0.343 e. The molecule has 0 saturated heterocycles. The topological polar surface area (TPSA) is 104 Å². The Kier molecular flexibility index (Phi) is 5.57. The molecule has 0 aliphatic carbocycles. The highest BCUT2D eigenvalue weighted by Gasteiger charge is 2.20. The summed E-state index contributed by atoms with van der Waals surface area (Å²) in [6, 6.07) is 9.13. The second-order valence-electron chi connectivity index (χ2n) is 7.60. The lowest BCUT2D eigenvalue weighted by Crippen LogP contribution is -2.12. The zero-order valence-corrected chi connectivity index (χ0v) is 19.4. The first-order valence-electron chi connectivity index (χ1n) is 9.49. The molecule has 8 nitrogen and oxygen atoms in total. The fourth-order valence-corrected chi connectivity index (χ4v) is 5.37. The Labute approximate surface area is 185 Å². The second kappa shape index (κ2) is 7.92. The quantitative estimate of drug-likeness (QED) is 0.403. The zero-order chi connectivity index (χ0) is 22.4. The molecule has 4 aromatic rings. The molecule has 3 aromatic heterocycles. The lowest BCUT2D eigenvalue weighted by Gasteiger charge is -2.11. The first kappa shape index (κ1) is 21.8. The maximum Gasteiger partial charge on any atom is 0.195 e. The molecule has 164 valence electrons. The van der Waals surface area contributed by atoms with E-state index in [0.717, 1.165) is 22.9 Å². The number of halogens is 1. The predicted molar refractivity (Wildman–Crippen MR) is 121 cm³/mol. The summed E-state index contributed by atoms with van der Waals surface area (Å²) in [6.45, 7) is 0.785. The van der Waals surface area contributed by atoms with Crippen molar-refractivity contribution in [2.24, 2.45) is 0 Å². The molecule has 0 atom stereocenters. The highest BCUT2D eigenvalue weighted by molar-refractivity contribution is 7.91. The van der Waals surface area contributed by atoms with Gasteiger partial charge in [-0.25, -0.2) is 16.8 Å². The van der Waals surface area contributed by atoms with E-state index in [2.05, 4.69) is 10.1 Å². The third-order valence-corrected chi connectivity index (χ3v) is 7.30. The number of hydrogen-bond acceptors (Lipinski definition) is 6. The van der Waals surface area contributed by atoms with Crippen LogP contribution in [-0.2, 0) is 32.8 Å². The maximum absolute atomic E-state index is 12.2. The first-order valence-corrected chi connectivity index (χ1v) is 13.8. The Morgan fingerprint density at radius 2 is 1.81 bits per heavy atom. The fraction of sp³-hybridized carbons (Fsp3) is 0.300. The van der Waals surface area contributed by atoms with Crippen molar-refractivity contribution >= 4 is 53.1 Å². The molecule has 3 heterocycles. The average molecular weight is 481 g/mol. The summed E-state index contributed by atoms with van der Waals surface area (Å²) in [5.41, 5.74) is 2.39. The van der Waals surface area contributed by atoms with Crippen LogP contribution in [-0.4, -0.2) is 54.4 Å². The van der Waals surface area contributed by atoms with Gasteiger partial charge in [-0.3, -0.25) is 9.67 Å². The number of fused-ring (bicyclic) bond motifs is 2. The van der Waals surface area contributed by atoms with Gasteiger partial charge in [0.15, 0.2) is 14.9 Å². The Balaban J connectivity index is 1.80. The van der Waals surface area contributed by atoms with E-state index in [9.17, 15) is 16.8 Å². The van der Waals surface area contributed by atoms with E-state index in [4.69, 9.17) is 11.6 Å². The largest absolute Gasteiger partial charge is 0.343 e. The van der Waals surface area contributed by atoms with E-state index in [-0.39, 0.29) is 10.8 Å². The van der Waals surface area contributed by atoms with Gasteiger partial charge in [0.1, 0.15) is 9.84 Å². The third-order valence-electron chi connectivity index (χ3n) is 5.03. The number of aryl methyl sites for hydroxylation is 1. The van der Waals surface area contributed by atoms with Crippen molar-refractivity contribution in [2.45, 2.75) is 24.5 Å². The average Bonchev–Trinajstić information content (AvgIpc) is 3.19. The Morgan fingerprint density at radius 3 is 2.52 bits per heavy atom. The normalized spacial score (nSPS) is 12.7. The molecule has 0 amide bonds. The molecule has 0 radical (unpaired) electrons. The Morgan fingerprint density at radius 1 is 1.03 bits per heavy atom. The lowest BCUT2D eigenvalue weighted by molar-refractivity contribution is 0.579. The monoisotopic (exact) mass is 480 g/mol. The van der Waals surface area contributed by atoms with E-state index in [1.807, 2.05) is 22.8 Å². The number of rotatable bonds is 7. The van der Waals surface area contributed by atoms with Gasteiger partial charge in [0.05, 0.1) is 24.0 Å². The van der Waals surface area contributed by atoms with Crippen molar-refractivity contribution in [3.05, 3.63) is 53.4 Å². The number of pyridine rings is 1. The molecular formula is C20H21ClN4O4S2. The summed E-state index contributed by atoms with van der Waals surface area (Å²) in [4.78, 5) is 4.12. The van der Waals surface area contributed by atoms with Gasteiger partial charge in [0.2, 0.25) is 0 Å². The number of sulfone groups is 2. The van der Waals surface area contributed by atoms with Gasteiger partial charge in [-0.2, -0.15) is 5.10 Å². The number of nitrogens with zero attached hydrogens (tertiary/aromatic N) is 4. The summed E-state index contributed by atoms with van der Waals surface area (Å²) in [5, 5.41) is 6.39. The zero-order valence-electron chi connectivity index (χ0n) is 17.0. The highest BCUT2D eigenvalue weighted by atomic mass is 35.5. The molecule has 0 fully saturated rings. The minimum atomic E-state index is -3.52. The van der Waals surface area contributed by atoms with Crippen molar-refractivity contribution in [1.82, 2.24) is 19.3 Å². The van der Waals surface area contributed by atoms with Gasteiger partial charge < -0.3 is 4.57 Å². The Hall–Kier alpha value is -2.43. The molecule has 11 heteroatoms. The molecule has 4 rings (SSSR count). The summed E-state index contributed by atoms with van der Waals surface area (Å²) < 4.78 is 51.2. The number of hydrogen-bond donors (Lipinski definition) is 0. The van der Waals surface area contributed by atoms with Crippen LogP contribution < -0.4 is 0 Å². The van der Waals surface area contributed by atoms with Crippen molar-refractivity contribution in [2.75, 3.05) is 18.3 Å². The maximum atomic E-state index is 12.2. The fourth-order valence-electron chi connectivity index (χ4n) is 3.72. The van der Waals surface area contributed by atoms with E-state index in [1.54, 1.807) is 23.0 Å². The van der Waals surface area contributed by atoms with Crippen LogP contribution >= 0.6 is 11.6 Å². The standard InChI is InChI=1S/C20H21ClN4O4S2/c1-30(26,27)9-3-8-24-16(11-14-10-15(21)4-5-18(14)24)13-25-19-12-22-7-6-17(19)20(23-25)31(2,28)29/h4-7,10-12H,3,8-9,13H2,1-2H3. The van der Waals surface area contributed by atoms with Gasteiger partial charge in [0.25, 0.3) is 0 Å². The summed E-state index contributed by atoms with van der Waals surface area (Å²) >= 11 is 6.16. The minimum absolute atomic E-state index is 0.00711. The van der Waals surface area contributed by atoms with Gasteiger partial charge in [-0.1, -0.05) is 11.6 Å². The van der Waals surface area contributed by atoms with Crippen LogP contribution in [0.5, 0.6) is 0 Å². The summed E-state index contributed by atoms with van der Waals surface area (Å²) in [6.07, 6.45) is 5.92. The lowest BCUT2D eigenvalue weighted by atomic mass is 10.2. The molecule has 0 aliphatic heterocycles. The molecule has 0 saturated carbocycles. The molecule has 1 aromatic carbocycles. The van der Waals surface area contributed by atoms with Crippen LogP contribution in [0.1, 0.15) is 12.1 Å². The van der Waals surface area contributed by atoms with E-state index >= 15 is 0 Å². The van der Waals surface area contributed by atoms with Crippen LogP contribution in [0, 0.1) is 0 Å². The molecule has 0 aliphatic rings. The van der Waals surface area contributed by atoms with Crippen LogP contribution in [0.2, 0.25) is 5.02 Å². The van der Waals surface area contributed by atoms with Gasteiger partial charge in [0, 0.05) is 52.3 Å². The van der Waals surface area contributed by atoms with Crippen LogP contribution in [0.15, 0.2) is 47.8 Å². The van der Waals surface area contributed by atoms with Gasteiger partial charge in [-0.15, -0.1) is 0 Å². The predicted octanol–water partition coefficient (Wildman–Crippen LogP) is 2.93. The number of benzene rings is 1. The second-order valence-corrected chi connectivity index (χ2v) is 12.2. The van der Waals surface area contributed by atoms with Crippen LogP contribution in [0.25, 0.3) is 21.8 Å².